The summed E-state index contributed by atoms with van der Waals surface area (Å²) in [5, 5.41) is 8.91. The van der Waals surface area contributed by atoms with E-state index in [4.69, 9.17) is 5.26 Å². The second-order valence-electron chi connectivity index (χ2n) is 7.67. The Balaban J connectivity index is 1.32. The highest BCUT2D eigenvalue weighted by Gasteiger charge is 2.32. The van der Waals surface area contributed by atoms with Gasteiger partial charge in [0.1, 0.15) is 0 Å². The van der Waals surface area contributed by atoms with Gasteiger partial charge >= 0.3 is 0 Å². The van der Waals surface area contributed by atoms with Gasteiger partial charge in [0, 0.05) is 45.0 Å². The van der Waals surface area contributed by atoms with E-state index in [-0.39, 0.29) is 11.9 Å². The molecule has 0 aliphatic carbocycles. The van der Waals surface area contributed by atoms with Crippen LogP contribution in [0, 0.1) is 11.3 Å². The van der Waals surface area contributed by atoms with Crippen molar-refractivity contribution < 1.29 is 4.79 Å². The number of nitriles is 1. The molecular formula is C23H26N4O. The molecule has 4 rings (SSSR count). The van der Waals surface area contributed by atoms with Crippen molar-refractivity contribution in [2.45, 2.75) is 25.9 Å². The van der Waals surface area contributed by atoms with E-state index in [1.807, 2.05) is 48.2 Å². The number of para-hydroxylation sites is 1. The molecule has 28 heavy (non-hydrogen) atoms. The Bertz CT molecular complexity index is 878. The van der Waals surface area contributed by atoms with Crippen molar-refractivity contribution in [1.82, 2.24) is 9.80 Å². The van der Waals surface area contributed by atoms with Gasteiger partial charge in [-0.2, -0.15) is 5.26 Å². The Morgan fingerprint density at radius 1 is 1.04 bits per heavy atom. The third kappa shape index (κ3) is 3.80. The SMILES string of the molecule is CC(C(=O)N1CCc2ccccc21)N1CCN(Cc2ccc(C#N)cc2)CC1. The van der Waals surface area contributed by atoms with Crippen LogP contribution in [0.2, 0.25) is 0 Å². The number of carbonyl (C=O) groups excluding carboxylic acids is 1. The summed E-state index contributed by atoms with van der Waals surface area (Å²) in [5.74, 6) is 0.213. The van der Waals surface area contributed by atoms with Crippen molar-refractivity contribution in [3.63, 3.8) is 0 Å². The topological polar surface area (TPSA) is 50.6 Å². The molecule has 1 saturated heterocycles. The lowest BCUT2D eigenvalue weighted by atomic mass is 10.1. The van der Waals surface area contributed by atoms with Gasteiger partial charge in [0.15, 0.2) is 0 Å². The zero-order valence-electron chi connectivity index (χ0n) is 16.3. The van der Waals surface area contributed by atoms with Crippen LogP contribution in [0.15, 0.2) is 48.5 Å². The molecule has 0 bridgehead atoms. The quantitative estimate of drug-likeness (QED) is 0.826. The Morgan fingerprint density at radius 2 is 1.75 bits per heavy atom. The van der Waals surface area contributed by atoms with E-state index in [1.165, 1.54) is 11.1 Å². The van der Waals surface area contributed by atoms with Crippen LogP contribution in [0.5, 0.6) is 0 Å². The molecule has 2 heterocycles. The van der Waals surface area contributed by atoms with Crippen molar-refractivity contribution in [2.75, 3.05) is 37.6 Å². The smallest absolute Gasteiger partial charge is 0.244 e. The predicted octanol–water partition coefficient (Wildman–Crippen LogP) is 2.65. The van der Waals surface area contributed by atoms with Crippen LogP contribution in [0.25, 0.3) is 0 Å². The molecule has 144 valence electrons. The maximum atomic E-state index is 13.1. The fourth-order valence-electron chi connectivity index (χ4n) is 4.20. The minimum absolute atomic E-state index is 0.0942. The molecule has 5 heteroatoms. The van der Waals surface area contributed by atoms with E-state index in [1.54, 1.807) is 0 Å². The van der Waals surface area contributed by atoms with E-state index < -0.39 is 0 Å². The molecule has 2 aromatic rings. The van der Waals surface area contributed by atoms with Crippen LogP contribution in [0.3, 0.4) is 0 Å². The third-order valence-corrected chi connectivity index (χ3v) is 5.95. The second kappa shape index (κ2) is 8.14. The highest BCUT2D eigenvalue weighted by atomic mass is 16.2. The van der Waals surface area contributed by atoms with Gasteiger partial charge < -0.3 is 4.90 Å². The normalized spacial score (nSPS) is 18.5. The Hall–Kier alpha value is -2.68. The molecule has 2 aliphatic heterocycles. The average Bonchev–Trinajstić information content (AvgIpc) is 3.18. The number of hydrogen-bond donors (Lipinski definition) is 0. The van der Waals surface area contributed by atoms with Gasteiger partial charge in [-0.3, -0.25) is 14.6 Å². The fraction of sp³-hybridized carbons (Fsp3) is 0.391. The van der Waals surface area contributed by atoms with E-state index >= 15 is 0 Å². The molecule has 2 aromatic carbocycles. The molecule has 1 atom stereocenters. The first-order valence-electron chi connectivity index (χ1n) is 10.0. The monoisotopic (exact) mass is 374 g/mol. The predicted molar refractivity (Wildman–Crippen MR) is 110 cm³/mol. The summed E-state index contributed by atoms with van der Waals surface area (Å²) < 4.78 is 0. The number of fused-ring (bicyclic) bond motifs is 1. The zero-order valence-corrected chi connectivity index (χ0v) is 16.3. The molecule has 1 unspecified atom stereocenters. The van der Waals surface area contributed by atoms with Crippen LogP contribution in [-0.2, 0) is 17.8 Å². The Morgan fingerprint density at radius 3 is 2.46 bits per heavy atom. The Labute approximate surface area is 166 Å². The number of nitrogens with zero attached hydrogens (tertiary/aromatic N) is 4. The lowest BCUT2D eigenvalue weighted by Crippen LogP contribution is -2.54. The molecule has 0 saturated carbocycles. The molecule has 0 N–H and O–H groups in total. The standard InChI is InChI=1S/C23H26N4O/c1-18(23(28)27-11-10-21-4-2-3-5-22(21)27)26-14-12-25(13-15-26)17-20-8-6-19(16-24)7-9-20/h2-9,18H,10-15,17H2,1H3. The number of carbonyl (C=O) groups is 1. The van der Waals surface area contributed by atoms with E-state index in [0.29, 0.717) is 5.56 Å². The molecule has 1 amide bonds. The first kappa shape index (κ1) is 18.7. The minimum atomic E-state index is -0.0942. The number of piperazine rings is 1. The van der Waals surface area contributed by atoms with Gasteiger partial charge in [0.25, 0.3) is 0 Å². The molecular weight excluding hydrogens is 348 g/mol. The average molecular weight is 374 g/mol. The summed E-state index contributed by atoms with van der Waals surface area (Å²) in [6, 6.07) is 18.1. The number of benzene rings is 2. The maximum Gasteiger partial charge on any atom is 0.244 e. The molecule has 1 fully saturated rings. The van der Waals surface area contributed by atoms with Crippen molar-refractivity contribution in [3.05, 3.63) is 65.2 Å². The van der Waals surface area contributed by atoms with E-state index in [2.05, 4.69) is 28.0 Å². The fourth-order valence-corrected chi connectivity index (χ4v) is 4.20. The van der Waals surface area contributed by atoms with Crippen LogP contribution in [0.1, 0.15) is 23.6 Å². The van der Waals surface area contributed by atoms with E-state index in [9.17, 15) is 4.79 Å². The number of anilines is 1. The zero-order chi connectivity index (χ0) is 19.5. The lowest BCUT2D eigenvalue weighted by Gasteiger charge is -2.38. The first-order chi connectivity index (χ1) is 13.7. The van der Waals surface area contributed by atoms with Gasteiger partial charge in [-0.25, -0.2) is 0 Å². The number of amides is 1. The molecule has 2 aliphatic rings. The summed E-state index contributed by atoms with van der Waals surface area (Å²) in [5.41, 5.74) is 4.28. The second-order valence-corrected chi connectivity index (χ2v) is 7.67. The third-order valence-electron chi connectivity index (χ3n) is 5.95. The highest BCUT2D eigenvalue weighted by molar-refractivity contribution is 5.98. The van der Waals surface area contributed by atoms with Gasteiger partial charge in [0.2, 0.25) is 5.91 Å². The maximum absolute atomic E-state index is 13.1. The van der Waals surface area contributed by atoms with Crippen molar-refractivity contribution >= 4 is 11.6 Å². The summed E-state index contributed by atoms with van der Waals surface area (Å²) in [6.07, 6.45) is 0.951. The molecule has 0 radical (unpaired) electrons. The summed E-state index contributed by atoms with van der Waals surface area (Å²) >= 11 is 0. The minimum Gasteiger partial charge on any atom is -0.310 e. The van der Waals surface area contributed by atoms with Crippen LogP contribution in [-0.4, -0.2) is 54.5 Å². The molecule has 5 nitrogen and oxygen atoms in total. The summed E-state index contributed by atoms with van der Waals surface area (Å²) in [4.78, 5) is 19.8. The summed E-state index contributed by atoms with van der Waals surface area (Å²) in [7, 11) is 0. The van der Waals surface area contributed by atoms with Gasteiger partial charge in [-0.1, -0.05) is 30.3 Å². The van der Waals surface area contributed by atoms with Crippen LogP contribution >= 0.6 is 0 Å². The van der Waals surface area contributed by atoms with Crippen molar-refractivity contribution in [1.29, 1.82) is 5.26 Å². The number of hydrogen-bond acceptors (Lipinski definition) is 4. The van der Waals surface area contributed by atoms with Crippen molar-refractivity contribution in [3.8, 4) is 6.07 Å². The Kier molecular flexibility index (Phi) is 5.43. The largest absolute Gasteiger partial charge is 0.310 e. The van der Waals surface area contributed by atoms with Gasteiger partial charge in [-0.15, -0.1) is 0 Å². The van der Waals surface area contributed by atoms with Crippen LogP contribution < -0.4 is 4.90 Å². The van der Waals surface area contributed by atoms with Crippen molar-refractivity contribution in [2.24, 2.45) is 0 Å². The van der Waals surface area contributed by atoms with E-state index in [0.717, 1.165) is 51.4 Å². The molecule has 0 spiro atoms. The number of rotatable bonds is 4. The summed E-state index contributed by atoms with van der Waals surface area (Å²) in [6.45, 7) is 7.43. The lowest BCUT2D eigenvalue weighted by molar-refractivity contribution is -0.123. The van der Waals surface area contributed by atoms with Gasteiger partial charge in [-0.05, 0) is 42.7 Å². The first-order valence-corrected chi connectivity index (χ1v) is 10.0. The highest BCUT2D eigenvalue weighted by Crippen LogP contribution is 2.28. The van der Waals surface area contributed by atoms with Crippen LogP contribution in [0.4, 0.5) is 5.69 Å². The molecule has 0 aromatic heterocycles. The van der Waals surface area contributed by atoms with Gasteiger partial charge in [0.05, 0.1) is 17.7 Å².